The van der Waals surface area contributed by atoms with E-state index in [-0.39, 0.29) is 0 Å². The summed E-state index contributed by atoms with van der Waals surface area (Å²) in [5.41, 5.74) is 0.947. The molecule has 0 saturated carbocycles. The summed E-state index contributed by atoms with van der Waals surface area (Å²) in [6, 6.07) is 0.462. The first-order valence-electron chi connectivity index (χ1n) is 6.58. The van der Waals surface area contributed by atoms with Crippen LogP contribution in [0.1, 0.15) is 38.8 Å². The molecule has 0 bridgehead atoms. The van der Waals surface area contributed by atoms with Crippen molar-refractivity contribution in [2.75, 3.05) is 6.54 Å². The smallest absolute Gasteiger partial charge is 0.261 e. The van der Waals surface area contributed by atoms with Crippen LogP contribution in [0.3, 0.4) is 0 Å². The lowest BCUT2D eigenvalue weighted by molar-refractivity contribution is 0.484. The van der Waals surface area contributed by atoms with Crippen LogP contribution < -0.4 is 5.32 Å². The van der Waals surface area contributed by atoms with Crippen LogP contribution in [0.4, 0.5) is 0 Å². The van der Waals surface area contributed by atoms with Crippen LogP contribution in [0.25, 0.3) is 10.8 Å². The van der Waals surface area contributed by atoms with E-state index in [1.165, 1.54) is 11.5 Å². The third-order valence-corrected chi connectivity index (χ3v) is 3.35. The molecule has 1 N–H and O–H groups in total. The highest BCUT2D eigenvalue weighted by atomic mass is 32.1. The van der Waals surface area contributed by atoms with Crippen molar-refractivity contribution in [2.45, 2.75) is 46.1 Å². The summed E-state index contributed by atoms with van der Waals surface area (Å²) < 4.78 is 9.63. The van der Waals surface area contributed by atoms with Crippen molar-refractivity contribution in [1.29, 1.82) is 0 Å². The molecule has 2 aromatic rings. The quantitative estimate of drug-likeness (QED) is 0.837. The molecular weight excluding hydrogens is 262 g/mol. The third-order valence-electron chi connectivity index (χ3n) is 2.60. The molecule has 7 heteroatoms. The molecule has 0 atom stereocenters. The first kappa shape index (κ1) is 14.1. The minimum absolute atomic E-state index is 0.462. The van der Waals surface area contributed by atoms with Crippen molar-refractivity contribution < 1.29 is 4.42 Å². The van der Waals surface area contributed by atoms with Gasteiger partial charge in [0.15, 0.2) is 0 Å². The van der Waals surface area contributed by atoms with Crippen molar-refractivity contribution in [3.8, 4) is 10.8 Å². The number of nitrogens with one attached hydrogen (secondary N) is 1. The molecule has 0 aromatic carbocycles. The van der Waals surface area contributed by atoms with Gasteiger partial charge in [0.2, 0.25) is 5.89 Å². The zero-order valence-electron chi connectivity index (χ0n) is 11.5. The lowest BCUT2D eigenvalue weighted by Crippen LogP contribution is -2.25. The number of aromatic nitrogens is 4. The van der Waals surface area contributed by atoms with E-state index < -0.39 is 0 Å². The fourth-order valence-electron chi connectivity index (χ4n) is 1.69. The van der Waals surface area contributed by atoms with E-state index in [2.05, 4.69) is 45.9 Å². The number of hydrogen-bond donors (Lipinski definition) is 1. The summed E-state index contributed by atoms with van der Waals surface area (Å²) in [7, 11) is 0. The van der Waals surface area contributed by atoms with Gasteiger partial charge in [-0.05, 0) is 18.0 Å². The predicted molar refractivity (Wildman–Crippen MR) is 74.0 cm³/mol. The Bertz CT molecular complexity index is 508. The molecule has 2 rings (SSSR count). The van der Waals surface area contributed by atoms with Crippen LogP contribution in [-0.4, -0.2) is 32.4 Å². The maximum absolute atomic E-state index is 5.67. The number of rotatable bonds is 7. The van der Waals surface area contributed by atoms with Crippen LogP contribution in [0.5, 0.6) is 0 Å². The van der Waals surface area contributed by atoms with E-state index in [9.17, 15) is 0 Å². The number of nitrogens with zero attached hydrogens (tertiary/aromatic N) is 4. The lowest BCUT2D eigenvalue weighted by atomic mass is 10.2. The van der Waals surface area contributed by atoms with Gasteiger partial charge >= 0.3 is 0 Å². The van der Waals surface area contributed by atoms with E-state index in [0.29, 0.717) is 17.8 Å². The highest BCUT2D eigenvalue weighted by molar-refractivity contribution is 7.09. The molecule has 2 aromatic heterocycles. The zero-order valence-corrected chi connectivity index (χ0v) is 12.3. The predicted octanol–water partition coefficient (Wildman–Crippen LogP) is 2.08. The maximum Gasteiger partial charge on any atom is 0.261 e. The maximum atomic E-state index is 5.67. The highest BCUT2D eigenvalue weighted by Crippen LogP contribution is 2.25. The molecular formula is C12H19N5OS. The monoisotopic (exact) mass is 281 g/mol. The Labute approximate surface area is 116 Å². The second-order valence-corrected chi connectivity index (χ2v) is 5.41. The van der Waals surface area contributed by atoms with Crippen molar-refractivity contribution in [1.82, 2.24) is 25.1 Å². The Morgan fingerprint density at radius 2 is 2.05 bits per heavy atom. The summed E-state index contributed by atoms with van der Waals surface area (Å²) in [5, 5.41) is 15.6. The lowest BCUT2D eigenvalue weighted by Gasteiger charge is -2.04. The molecule has 0 spiro atoms. The first-order chi connectivity index (χ1) is 9.20. The van der Waals surface area contributed by atoms with Gasteiger partial charge in [-0.1, -0.05) is 31.7 Å². The Balaban J connectivity index is 2.01. The van der Waals surface area contributed by atoms with Crippen LogP contribution >= 0.6 is 11.5 Å². The molecule has 0 aliphatic rings. The molecule has 0 radical (unpaired) electrons. The van der Waals surface area contributed by atoms with Gasteiger partial charge in [0, 0.05) is 19.0 Å². The summed E-state index contributed by atoms with van der Waals surface area (Å²) in [4.78, 5) is 0.900. The number of hydrogen-bond acceptors (Lipinski definition) is 7. The second kappa shape index (κ2) is 6.72. The van der Waals surface area contributed by atoms with Crippen molar-refractivity contribution >= 4 is 11.5 Å². The minimum Gasteiger partial charge on any atom is -0.420 e. The van der Waals surface area contributed by atoms with E-state index in [4.69, 9.17) is 4.42 Å². The van der Waals surface area contributed by atoms with E-state index >= 15 is 0 Å². The highest BCUT2D eigenvalue weighted by Gasteiger charge is 2.16. The Hall–Kier alpha value is -1.34. The van der Waals surface area contributed by atoms with Gasteiger partial charge < -0.3 is 9.73 Å². The average Bonchev–Trinajstić information content (AvgIpc) is 2.97. The second-order valence-electron chi connectivity index (χ2n) is 4.66. The van der Waals surface area contributed by atoms with Crippen LogP contribution in [0.2, 0.25) is 0 Å². The Kier molecular flexibility index (Phi) is 4.98. The summed E-state index contributed by atoms with van der Waals surface area (Å²) in [6.45, 7) is 7.17. The minimum atomic E-state index is 0.462. The number of aryl methyl sites for hydroxylation is 1. The molecule has 0 fully saturated rings. The van der Waals surface area contributed by atoms with Gasteiger partial charge in [0.05, 0.1) is 5.69 Å². The Morgan fingerprint density at radius 3 is 2.79 bits per heavy atom. The first-order valence-corrected chi connectivity index (χ1v) is 7.35. The molecule has 2 heterocycles. The van der Waals surface area contributed by atoms with Gasteiger partial charge in [-0.15, -0.1) is 15.3 Å². The molecule has 0 unspecified atom stereocenters. The van der Waals surface area contributed by atoms with E-state index in [1.54, 1.807) is 0 Å². The van der Waals surface area contributed by atoms with E-state index in [0.717, 1.165) is 36.4 Å². The van der Waals surface area contributed by atoms with Crippen LogP contribution in [0, 0.1) is 0 Å². The fourth-order valence-corrected chi connectivity index (χ4v) is 2.32. The molecule has 0 amide bonds. The van der Waals surface area contributed by atoms with Gasteiger partial charge in [0.1, 0.15) is 4.88 Å². The standard InChI is InChI=1S/C12H19N5OS/c1-4-5-9-11(19-17-14-9)12-16-15-10(18-12)6-7-13-8(2)3/h8,13H,4-7H2,1-3H3. The van der Waals surface area contributed by atoms with Crippen molar-refractivity contribution in [3.05, 3.63) is 11.6 Å². The van der Waals surface area contributed by atoms with Gasteiger partial charge in [-0.3, -0.25) is 0 Å². The fraction of sp³-hybridized carbons (Fsp3) is 0.667. The van der Waals surface area contributed by atoms with E-state index in [1.807, 2.05) is 0 Å². The SMILES string of the molecule is CCCc1nnsc1-c1nnc(CCNC(C)C)o1. The Morgan fingerprint density at radius 1 is 1.21 bits per heavy atom. The molecule has 6 nitrogen and oxygen atoms in total. The van der Waals surface area contributed by atoms with Gasteiger partial charge in [-0.2, -0.15) is 0 Å². The van der Waals surface area contributed by atoms with Gasteiger partial charge in [-0.25, -0.2) is 0 Å². The molecule has 0 saturated heterocycles. The summed E-state index contributed by atoms with van der Waals surface area (Å²) in [5.74, 6) is 1.19. The third kappa shape index (κ3) is 3.81. The topological polar surface area (TPSA) is 76.7 Å². The molecule has 104 valence electrons. The zero-order chi connectivity index (χ0) is 13.7. The largest absolute Gasteiger partial charge is 0.420 e. The summed E-state index contributed by atoms with van der Waals surface area (Å²) >= 11 is 1.31. The molecule has 0 aliphatic heterocycles. The van der Waals surface area contributed by atoms with Crippen molar-refractivity contribution in [3.63, 3.8) is 0 Å². The van der Waals surface area contributed by atoms with Crippen LogP contribution in [-0.2, 0) is 12.8 Å². The summed E-state index contributed by atoms with van der Waals surface area (Å²) in [6.07, 6.45) is 2.65. The molecule has 19 heavy (non-hydrogen) atoms. The van der Waals surface area contributed by atoms with Crippen molar-refractivity contribution in [2.24, 2.45) is 0 Å². The molecule has 0 aliphatic carbocycles. The average molecular weight is 281 g/mol. The van der Waals surface area contributed by atoms with Gasteiger partial charge in [0.25, 0.3) is 5.89 Å². The normalized spacial score (nSPS) is 11.4. The van der Waals surface area contributed by atoms with Crippen LogP contribution in [0.15, 0.2) is 4.42 Å².